The highest BCUT2D eigenvalue weighted by molar-refractivity contribution is 4.97. The molecule has 1 rings (SSSR count). The predicted molar refractivity (Wildman–Crippen MR) is 173 cm³/mol. The summed E-state index contributed by atoms with van der Waals surface area (Å²) in [6, 6.07) is 0. The average Bonchev–Trinajstić information content (AvgIpc) is 3.31. The molecular weight excluding hydrogens is 460 g/mol. The standard InChI is InChI=1S/C36H72N2/c1-4-7-10-13-14-15-16-17-18-19-20-21-22-23-24-27-30-33-38-35-34-37(32-29-26-12-9-6-3)36(38)31-28-25-11-8-5-2/h34-36H,4-33H2,1-3H3. The lowest BCUT2D eigenvalue weighted by atomic mass is 10.0. The molecule has 0 bridgehead atoms. The number of rotatable bonds is 30. The van der Waals surface area contributed by atoms with Gasteiger partial charge in [0.25, 0.3) is 0 Å². The smallest absolute Gasteiger partial charge is 0.101 e. The Balaban J connectivity index is 2.04. The molecule has 2 heteroatoms. The molecule has 1 atom stereocenters. The number of unbranched alkanes of at least 4 members (excludes halogenated alkanes) is 24. The molecule has 0 aromatic rings. The van der Waals surface area contributed by atoms with Crippen LogP contribution >= 0.6 is 0 Å². The molecule has 0 amide bonds. The fourth-order valence-electron chi connectivity index (χ4n) is 6.19. The summed E-state index contributed by atoms with van der Waals surface area (Å²) in [5.41, 5.74) is 0. The zero-order valence-electron chi connectivity index (χ0n) is 26.8. The maximum atomic E-state index is 2.69. The van der Waals surface area contributed by atoms with Gasteiger partial charge in [-0.3, -0.25) is 0 Å². The molecule has 0 fully saturated rings. The van der Waals surface area contributed by atoms with Gasteiger partial charge in [-0.05, 0) is 25.7 Å². The molecule has 0 aliphatic carbocycles. The van der Waals surface area contributed by atoms with Crippen molar-refractivity contribution in [2.45, 2.75) is 207 Å². The van der Waals surface area contributed by atoms with Crippen molar-refractivity contribution >= 4 is 0 Å². The zero-order valence-corrected chi connectivity index (χ0v) is 26.8. The molecule has 0 radical (unpaired) electrons. The van der Waals surface area contributed by atoms with E-state index < -0.39 is 0 Å². The van der Waals surface area contributed by atoms with Crippen molar-refractivity contribution in [3.05, 3.63) is 12.4 Å². The highest BCUT2D eigenvalue weighted by Gasteiger charge is 2.24. The highest BCUT2D eigenvalue weighted by Crippen LogP contribution is 2.24. The first-order valence-electron chi connectivity index (χ1n) is 18.0. The highest BCUT2D eigenvalue weighted by atomic mass is 15.4. The number of hydrogen-bond acceptors (Lipinski definition) is 2. The topological polar surface area (TPSA) is 6.48 Å². The van der Waals surface area contributed by atoms with E-state index in [9.17, 15) is 0 Å². The van der Waals surface area contributed by atoms with Gasteiger partial charge in [-0.1, -0.05) is 175 Å². The Morgan fingerprint density at radius 1 is 0.342 bits per heavy atom. The van der Waals surface area contributed by atoms with Crippen LogP contribution in [0.2, 0.25) is 0 Å². The lowest BCUT2D eigenvalue weighted by Crippen LogP contribution is -2.39. The van der Waals surface area contributed by atoms with Gasteiger partial charge >= 0.3 is 0 Å². The molecule has 0 aromatic heterocycles. The van der Waals surface area contributed by atoms with Gasteiger partial charge in [-0.25, -0.2) is 0 Å². The van der Waals surface area contributed by atoms with E-state index in [-0.39, 0.29) is 0 Å². The monoisotopic (exact) mass is 533 g/mol. The lowest BCUT2D eigenvalue weighted by Gasteiger charge is -2.33. The van der Waals surface area contributed by atoms with Crippen molar-refractivity contribution in [3.8, 4) is 0 Å². The minimum Gasteiger partial charge on any atom is -0.356 e. The first-order valence-corrected chi connectivity index (χ1v) is 18.0. The van der Waals surface area contributed by atoms with E-state index in [1.165, 1.54) is 193 Å². The van der Waals surface area contributed by atoms with Crippen molar-refractivity contribution in [2.75, 3.05) is 13.1 Å². The van der Waals surface area contributed by atoms with Crippen molar-refractivity contribution in [1.29, 1.82) is 0 Å². The lowest BCUT2D eigenvalue weighted by molar-refractivity contribution is 0.135. The van der Waals surface area contributed by atoms with Crippen LogP contribution in [0.1, 0.15) is 201 Å². The molecule has 0 saturated heterocycles. The molecule has 1 aliphatic rings. The summed E-state index contributed by atoms with van der Waals surface area (Å²) in [6.07, 6.45) is 45.5. The van der Waals surface area contributed by atoms with Gasteiger partial charge in [-0.2, -0.15) is 0 Å². The first kappa shape index (κ1) is 35.4. The minimum absolute atomic E-state index is 0.642. The average molecular weight is 533 g/mol. The van der Waals surface area contributed by atoms with Crippen molar-refractivity contribution in [3.63, 3.8) is 0 Å². The van der Waals surface area contributed by atoms with Crippen molar-refractivity contribution in [1.82, 2.24) is 9.80 Å². The van der Waals surface area contributed by atoms with E-state index in [0.29, 0.717) is 6.17 Å². The van der Waals surface area contributed by atoms with Gasteiger partial charge in [0.1, 0.15) is 6.17 Å². The maximum absolute atomic E-state index is 2.69. The zero-order chi connectivity index (χ0) is 27.4. The fraction of sp³-hybridized carbons (Fsp3) is 0.944. The molecule has 0 spiro atoms. The molecule has 0 saturated carbocycles. The van der Waals surface area contributed by atoms with Crippen LogP contribution in [0.5, 0.6) is 0 Å². The van der Waals surface area contributed by atoms with Crippen LogP contribution < -0.4 is 0 Å². The van der Waals surface area contributed by atoms with Gasteiger partial charge in [0.2, 0.25) is 0 Å². The van der Waals surface area contributed by atoms with Crippen LogP contribution in [0.3, 0.4) is 0 Å². The minimum atomic E-state index is 0.642. The van der Waals surface area contributed by atoms with E-state index >= 15 is 0 Å². The van der Waals surface area contributed by atoms with Crippen molar-refractivity contribution in [2.24, 2.45) is 0 Å². The van der Waals surface area contributed by atoms with Crippen molar-refractivity contribution < 1.29 is 0 Å². The third-order valence-electron chi connectivity index (χ3n) is 8.82. The Hall–Kier alpha value is -0.660. The van der Waals surface area contributed by atoms with Crippen LogP contribution in [0.25, 0.3) is 0 Å². The van der Waals surface area contributed by atoms with Crippen LogP contribution in [0.4, 0.5) is 0 Å². The van der Waals surface area contributed by atoms with Gasteiger partial charge in [0, 0.05) is 25.5 Å². The summed E-state index contributed by atoms with van der Waals surface area (Å²) < 4.78 is 0. The Morgan fingerprint density at radius 3 is 0.921 bits per heavy atom. The second-order valence-corrected chi connectivity index (χ2v) is 12.5. The molecule has 2 nitrogen and oxygen atoms in total. The fourth-order valence-corrected chi connectivity index (χ4v) is 6.19. The molecular formula is C36H72N2. The van der Waals surface area contributed by atoms with Crippen LogP contribution in [0.15, 0.2) is 12.4 Å². The molecule has 1 unspecified atom stereocenters. The van der Waals surface area contributed by atoms with Gasteiger partial charge < -0.3 is 9.80 Å². The van der Waals surface area contributed by atoms with Crippen LogP contribution in [-0.2, 0) is 0 Å². The van der Waals surface area contributed by atoms with E-state index in [0.717, 1.165) is 0 Å². The Morgan fingerprint density at radius 2 is 0.605 bits per heavy atom. The normalized spacial score (nSPS) is 15.3. The molecule has 1 heterocycles. The van der Waals surface area contributed by atoms with Crippen LogP contribution in [-0.4, -0.2) is 29.1 Å². The maximum Gasteiger partial charge on any atom is 0.101 e. The van der Waals surface area contributed by atoms with E-state index in [1.54, 1.807) is 0 Å². The molecule has 38 heavy (non-hydrogen) atoms. The summed E-state index contributed by atoms with van der Waals surface area (Å²) in [4.78, 5) is 5.37. The second-order valence-electron chi connectivity index (χ2n) is 12.5. The second kappa shape index (κ2) is 27.9. The predicted octanol–water partition coefficient (Wildman–Crippen LogP) is 12.4. The van der Waals surface area contributed by atoms with E-state index in [1.807, 2.05) is 0 Å². The SMILES string of the molecule is CCCCCCCCCCCCCCCCCCCN1C=CN(CCCCCCC)C1CCCCCCC. The molecule has 226 valence electrons. The Kier molecular flexibility index (Phi) is 26.0. The summed E-state index contributed by atoms with van der Waals surface area (Å²) in [5, 5.41) is 0. The largest absolute Gasteiger partial charge is 0.356 e. The van der Waals surface area contributed by atoms with Crippen LogP contribution in [0, 0.1) is 0 Å². The summed E-state index contributed by atoms with van der Waals surface area (Å²) in [7, 11) is 0. The first-order chi connectivity index (χ1) is 18.8. The van der Waals surface area contributed by atoms with E-state index in [2.05, 4.69) is 43.0 Å². The third-order valence-corrected chi connectivity index (χ3v) is 8.82. The number of hydrogen-bond donors (Lipinski definition) is 0. The third kappa shape index (κ3) is 20.3. The quantitative estimate of drug-likeness (QED) is 0.0848. The Bertz CT molecular complexity index is 488. The molecule has 1 aliphatic heterocycles. The van der Waals surface area contributed by atoms with E-state index in [4.69, 9.17) is 0 Å². The van der Waals surface area contributed by atoms with Gasteiger partial charge in [0.15, 0.2) is 0 Å². The number of nitrogens with zero attached hydrogens (tertiary/aromatic N) is 2. The Labute approximate surface area is 241 Å². The summed E-state index contributed by atoms with van der Waals surface area (Å²) >= 11 is 0. The van der Waals surface area contributed by atoms with Gasteiger partial charge in [0.05, 0.1) is 0 Å². The van der Waals surface area contributed by atoms with Gasteiger partial charge in [-0.15, -0.1) is 0 Å². The summed E-state index contributed by atoms with van der Waals surface area (Å²) in [5.74, 6) is 0. The summed E-state index contributed by atoms with van der Waals surface area (Å²) in [6.45, 7) is 9.47. The molecule has 0 aromatic carbocycles. The molecule has 0 N–H and O–H groups in total.